The van der Waals surface area contributed by atoms with Crippen molar-refractivity contribution in [3.05, 3.63) is 89.5 Å². The zero-order chi connectivity index (χ0) is 24.1. The molecule has 178 valence electrons. The fourth-order valence-electron chi connectivity index (χ4n) is 4.29. The number of likely N-dealkylation sites (tertiary alicyclic amines) is 1. The van der Waals surface area contributed by atoms with E-state index in [0.717, 1.165) is 31.1 Å². The van der Waals surface area contributed by atoms with Crippen molar-refractivity contribution >= 4 is 27.3 Å². The van der Waals surface area contributed by atoms with Crippen LogP contribution in [0.2, 0.25) is 0 Å². The van der Waals surface area contributed by atoms with Crippen molar-refractivity contribution in [2.75, 3.05) is 23.1 Å². The Bertz CT molecular complexity index is 1240. The summed E-state index contributed by atoms with van der Waals surface area (Å²) in [5.41, 5.74) is 3.77. The molecule has 0 radical (unpaired) electrons. The second-order valence-corrected chi connectivity index (χ2v) is 10.8. The predicted molar refractivity (Wildman–Crippen MR) is 136 cm³/mol. The topological polar surface area (TPSA) is 78.5 Å². The quantitative estimate of drug-likeness (QED) is 0.485. The minimum Gasteiger partial charge on any atom is -0.322 e. The monoisotopic (exact) mass is 477 g/mol. The molecule has 1 heterocycles. The maximum atomic E-state index is 12.7. The molecule has 0 aliphatic carbocycles. The molecule has 34 heavy (non-hydrogen) atoms. The Hall–Kier alpha value is -3.16. The van der Waals surface area contributed by atoms with E-state index in [2.05, 4.69) is 21.9 Å². The number of nitrogens with zero attached hydrogens (tertiary/aromatic N) is 1. The number of nitrogens with one attached hydrogen (secondary N) is 2. The Balaban J connectivity index is 1.36. The van der Waals surface area contributed by atoms with E-state index in [1.54, 1.807) is 30.3 Å². The van der Waals surface area contributed by atoms with Crippen molar-refractivity contribution in [3.63, 3.8) is 0 Å². The molecule has 3 aromatic carbocycles. The minimum atomic E-state index is -3.71. The lowest BCUT2D eigenvalue weighted by Crippen LogP contribution is -2.33. The summed E-state index contributed by atoms with van der Waals surface area (Å²) in [5.74, 6) is 0.505. The molecule has 2 N–H and O–H groups in total. The molecule has 1 fully saturated rings. The highest BCUT2D eigenvalue weighted by atomic mass is 32.2. The first-order valence-electron chi connectivity index (χ1n) is 11.6. The molecular formula is C27H31N3O3S. The molecule has 1 aliphatic heterocycles. The molecule has 7 heteroatoms. The Morgan fingerprint density at radius 3 is 2.41 bits per heavy atom. The Morgan fingerprint density at radius 1 is 1.00 bits per heavy atom. The van der Waals surface area contributed by atoms with Gasteiger partial charge in [0.05, 0.1) is 4.90 Å². The van der Waals surface area contributed by atoms with Crippen LogP contribution in [0, 0.1) is 12.8 Å². The van der Waals surface area contributed by atoms with E-state index < -0.39 is 10.0 Å². The van der Waals surface area contributed by atoms with Gasteiger partial charge in [-0.05, 0) is 91.9 Å². The van der Waals surface area contributed by atoms with Crippen molar-refractivity contribution in [1.82, 2.24) is 4.90 Å². The van der Waals surface area contributed by atoms with Crippen molar-refractivity contribution in [3.8, 4) is 0 Å². The lowest BCUT2D eigenvalue weighted by molar-refractivity contribution is 0.102. The highest BCUT2D eigenvalue weighted by molar-refractivity contribution is 7.92. The molecule has 1 aliphatic rings. The van der Waals surface area contributed by atoms with Gasteiger partial charge in [0.25, 0.3) is 15.9 Å². The van der Waals surface area contributed by atoms with Gasteiger partial charge in [0, 0.05) is 30.0 Å². The standard InChI is InChI=1S/C27H31N3O3S/c1-20-5-3-7-25(17-20)29-34(32,33)26-14-12-24(13-15-26)28-27(31)23-10-8-22(9-11-23)19-30-16-4-6-21(2)18-30/h3,5,7-15,17,21,29H,4,6,16,18-19H2,1-2H3,(H,28,31)/t21-/m0/s1. The van der Waals surface area contributed by atoms with Gasteiger partial charge in [0.2, 0.25) is 0 Å². The smallest absolute Gasteiger partial charge is 0.261 e. The number of rotatable bonds is 7. The van der Waals surface area contributed by atoms with Crippen molar-refractivity contribution < 1.29 is 13.2 Å². The second kappa shape index (κ2) is 10.4. The number of sulfonamides is 1. The second-order valence-electron chi connectivity index (χ2n) is 9.13. The van der Waals surface area contributed by atoms with E-state index in [1.165, 1.54) is 30.5 Å². The van der Waals surface area contributed by atoms with Gasteiger partial charge < -0.3 is 5.32 Å². The van der Waals surface area contributed by atoms with Gasteiger partial charge in [-0.25, -0.2) is 8.42 Å². The van der Waals surface area contributed by atoms with Crippen LogP contribution in [-0.2, 0) is 16.6 Å². The summed E-state index contributed by atoms with van der Waals surface area (Å²) in [6.45, 7) is 7.34. The molecule has 1 saturated heterocycles. The van der Waals surface area contributed by atoms with E-state index in [4.69, 9.17) is 0 Å². The molecule has 1 amide bonds. The average molecular weight is 478 g/mol. The lowest BCUT2D eigenvalue weighted by Gasteiger charge is -2.30. The maximum Gasteiger partial charge on any atom is 0.261 e. The van der Waals surface area contributed by atoms with Gasteiger partial charge in [-0.2, -0.15) is 0 Å². The first-order chi connectivity index (χ1) is 16.3. The molecule has 6 nitrogen and oxygen atoms in total. The first-order valence-corrected chi connectivity index (χ1v) is 13.1. The SMILES string of the molecule is Cc1cccc(NS(=O)(=O)c2ccc(NC(=O)c3ccc(CN4CCC[C@H](C)C4)cc3)cc2)c1. The van der Waals surface area contributed by atoms with Crippen LogP contribution in [0.15, 0.2) is 77.7 Å². The number of aryl methyl sites for hydroxylation is 1. The van der Waals surface area contributed by atoms with E-state index >= 15 is 0 Å². The molecular weight excluding hydrogens is 446 g/mol. The molecule has 3 aromatic rings. The number of benzene rings is 3. The summed E-state index contributed by atoms with van der Waals surface area (Å²) in [5, 5.41) is 2.84. The zero-order valence-corrected chi connectivity index (χ0v) is 20.4. The van der Waals surface area contributed by atoms with Crippen LogP contribution in [0.1, 0.15) is 41.3 Å². The first kappa shape index (κ1) is 24.0. The number of anilines is 2. The van der Waals surface area contributed by atoms with Crippen molar-refractivity contribution in [2.24, 2.45) is 5.92 Å². The third-order valence-electron chi connectivity index (χ3n) is 6.06. The summed E-state index contributed by atoms with van der Waals surface area (Å²) < 4.78 is 27.9. The minimum absolute atomic E-state index is 0.128. The maximum absolute atomic E-state index is 12.7. The van der Waals surface area contributed by atoms with Gasteiger partial charge in [-0.3, -0.25) is 14.4 Å². The highest BCUT2D eigenvalue weighted by Gasteiger charge is 2.17. The van der Waals surface area contributed by atoms with Crippen LogP contribution in [-0.4, -0.2) is 32.3 Å². The summed E-state index contributed by atoms with van der Waals surface area (Å²) >= 11 is 0. The highest BCUT2D eigenvalue weighted by Crippen LogP contribution is 2.21. The van der Waals surface area contributed by atoms with Crippen LogP contribution in [0.25, 0.3) is 0 Å². The van der Waals surface area contributed by atoms with Gasteiger partial charge in [0.1, 0.15) is 0 Å². The fourth-order valence-corrected chi connectivity index (χ4v) is 5.34. The predicted octanol–water partition coefficient (Wildman–Crippen LogP) is 5.28. The van der Waals surface area contributed by atoms with Crippen molar-refractivity contribution in [1.29, 1.82) is 0 Å². The van der Waals surface area contributed by atoms with Gasteiger partial charge >= 0.3 is 0 Å². The largest absolute Gasteiger partial charge is 0.322 e. The number of carbonyl (C=O) groups is 1. The van der Waals surface area contributed by atoms with Crippen molar-refractivity contribution in [2.45, 2.75) is 38.1 Å². The van der Waals surface area contributed by atoms with E-state index in [9.17, 15) is 13.2 Å². The molecule has 0 spiro atoms. The summed E-state index contributed by atoms with van der Waals surface area (Å²) in [4.78, 5) is 15.3. The van der Waals surface area contributed by atoms with E-state index in [1.807, 2.05) is 37.3 Å². The molecule has 0 aromatic heterocycles. The number of amides is 1. The third-order valence-corrected chi connectivity index (χ3v) is 7.45. The normalized spacial score (nSPS) is 16.7. The molecule has 0 saturated carbocycles. The van der Waals surface area contributed by atoms with Gasteiger partial charge in [-0.15, -0.1) is 0 Å². The lowest BCUT2D eigenvalue weighted by atomic mass is 9.99. The number of piperidine rings is 1. The molecule has 1 atom stereocenters. The van der Waals surface area contributed by atoms with Crippen LogP contribution >= 0.6 is 0 Å². The summed E-state index contributed by atoms with van der Waals surface area (Å²) in [6.07, 6.45) is 2.54. The number of hydrogen-bond acceptors (Lipinski definition) is 4. The Labute approximate surface area is 202 Å². The molecule has 0 unspecified atom stereocenters. The number of carbonyl (C=O) groups excluding carboxylic acids is 1. The van der Waals surface area contributed by atoms with Gasteiger partial charge in [-0.1, -0.05) is 31.2 Å². The molecule has 0 bridgehead atoms. The van der Waals surface area contributed by atoms with Crippen LogP contribution in [0.4, 0.5) is 11.4 Å². The van der Waals surface area contributed by atoms with Crippen LogP contribution in [0.5, 0.6) is 0 Å². The summed E-state index contributed by atoms with van der Waals surface area (Å²) in [7, 11) is -3.71. The zero-order valence-electron chi connectivity index (χ0n) is 19.6. The van der Waals surface area contributed by atoms with E-state index in [0.29, 0.717) is 16.9 Å². The summed E-state index contributed by atoms with van der Waals surface area (Å²) in [6, 6.07) is 21.0. The van der Waals surface area contributed by atoms with Crippen LogP contribution in [0.3, 0.4) is 0 Å². The Morgan fingerprint density at radius 2 is 1.74 bits per heavy atom. The van der Waals surface area contributed by atoms with Gasteiger partial charge in [0.15, 0.2) is 0 Å². The van der Waals surface area contributed by atoms with Crippen LogP contribution < -0.4 is 10.0 Å². The fraction of sp³-hybridized carbons (Fsp3) is 0.296. The number of hydrogen-bond donors (Lipinski definition) is 2. The van der Waals surface area contributed by atoms with E-state index in [-0.39, 0.29) is 10.8 Å². The Kier molecular flexibility index (Phi) is 7.34. The average Bonchev–Trinajstić information content (AvgIpc) is 2.80. The third kappa shape index (κ3) is 6.24. The molecule has 4 rings (SSSR count).